The Hall–Kier alpha value is -4.98. The van der Waals surface area contributed by atoms with Crippen molar-refractivity contribution in [3.05, 3.63) is 71.8 Å². The third-order valence-corrected chi connectivity index (χ3v) is 7.68. The largest absolute Gasteiger partial charge is 0.368 e. The number of piperidine rings is 1. The summed E-state index contributed by atoms with van der Waals surface area (Å²) < 4.78 is 5.48. The summed E-state index contributed by atoms with van der Waals surface area (Å²) in [5, 5.41) is 5.80. The first-order valence-corrected chi connectivity index (χ1v) is 15.3. The smallest absolute Gasteiger partial charge is 0.318 e. The number of primary amides is 1. The predicted octanol–water partition coefficient (Wildman–Crippen LogP) is 0.417. The van der Waals surface area contributed by atoms with Gasteiger partial charge in [0.15, 0.2) is 12.2 Å². The normalized spacial score (nSPS) is 18.3. The molecule has 7 amide bonds. The van der Waals surface area contributed by atoms with Gasteiger partial charge in [-0.15, -0.1) is 0 Å². The van der Waals surface area contributed by atoms with E-state index < -0.39 is 60.4 Å². The Morgan fingerprint density at radius 3 is 1.85 bits per heavy atom. The number of carbonyl (C=O) groups excluding carboxylic acids is 6. The molecule has 0 radical (unpaired) electrons. The molecule has 2 aliphatic rings. The Morgan fingerprint density at radius 2 is 1.30 bits per heavy atom. The molecule has 2 heterocycles. The fraction of sp³-hybridized carbons (Fsp3) is 0.438. The Bertz CT molecular complexity index is 1360. The van der Waals surface area contributed by atoms with Crippen LogP contribution >= 0.6 is 0 Å². The van der Waals surface area contributed by atoms with Gasteiger partial charge in [-0.2, -0.15) is 0 Å². The molecule has 2 saturated heterocycles. The first kappa shape index (κ1) is 33.9. The number of rotatable bonds is 12. The monoisotopic (exact) mass is 635 g/mol. The SMILES string of the molecule is C[C@H](NC(=O)[C@H](C)NC(=O)N1CCCCC1)C(=O)NN(CC(N)=O)C(=O)[C@H]1O[C@@H]1C(=O)N(Cc1ccccc1)Cc1ccccc1. The lowest BCUT2D eigenvalue weighted by atomic mass is 10.1. The van der Waals surface area contributed by atoms with E-state index in [1.54, 1.807) is 9.80 Å². The number of amides is 7. The van der Waals surface area contributed by atoms with Crippen LogP contribution < -0.4 is 21.8 Å². The van der Waals surface area contributed by atoms with E-state index in [0.717, 1.165) is 30.4 Å². The van der Waals surface area contributed by atoms with Crippen LogP contribution in [-0.2, 0) is 41.8 Å². The summed E-state index contributed by atoms with van der Waals surface area (Å²) in [4.78, 5) is 80.0. The number of benzene rings is 2. The summed E-state index contributed by atoms with van der Waals surface area (Å²) in [5.41, 5.74) is 9.40. The number of nitrogens with zero attached hydrogens (tertiary/aromatic N) is 3. The van der Waals surface area contributed by atoms with Gasteiger partial charge in [0, 0.05) is 26.2 Å². The Balaban J connectivity index is 1.35. The van der Waals surface area contributed by atoms with Crippen molar-refractivity contribution in [2.45, 2.75) is 70.5 Å². The van der Waals surface area contributed by atoms with E-state index in [2.05, 4.69) is 16.1 Å². The Labute approximate surface area is 267 Å². The molecular formula is C32H41N7O7. The van der Waals surface area contributed by atoms with Gasteiger partial charge in [0.1, 0.15) is 18.6 Å². The number of epoxide rings is 1. The van der Waals surface area contributed by atoms with Gasteiger partial charge in [0.2, 0.25) is 11.8 Å². The van der Waals surface area contributed by atoms with E-state index in [1.807, 2.05) is 60.7 Å². The molecule has 2 fully saturated rings. The van der Waals surface area contributed by atoms with Crippen molar-refractivity contribution in [3.63, 3.8) is 0 Å². The summed E-state index contributed by atoms with van der Waals surface area (Å²) in [6, 6.07) is 16.3. The van der Waals surface area contributed by atoms with Crippen LogP contribution in [-0.4, -0.2) is 94.3 Å². The minimum atomic E-state index is -1.25. The maximum atomic E-state index is 13.5. The zero-order chi connectivity index (χ0) is 33.2. The molecule has 4 rings (SSSR count). The van der Waals surface area contributed by atoms with Crippen LogP contribution in [0.4, 0.5) is 4.79 Å². The van der Waals surface area contributed by atoms with Gasteiger partial charge < -0.3 is 30.9 Å². The van der Waals surface area contributed by atoms with Crippen LogP contribution in [0, 0.1) is 0 Å². The standard InChI is InChI=1S/C32H41N7O7/c1-21(35-32(45)37-16-10-5-11-17-37)28(41)34-22(2)29(42)36-39(20-25(33)40)31(44)27-26(46-27)30(43)38(18-23-12-6-3-7-13-23)19-24-14-8-4-9-15-24/h3-4,6-9,12-15,21-22,26-27H,5,10-11,16-20H2,1-2H3,(H2,33,40)(H,34,41)(H,35,45)(H,36,42)/t21-,22-,26-,27-/m0/s1. The van der Waals surface area contributed by atoms with Gasteiger partial charge in [-0.3, -0.25) is 29.4 Å². The molecule has 5 N–H and O–H groups in total. The third-order valence-electron chi connectivity index (χ3n) is 7.68. The predicted molar refractivity (Wildman–Crippen MR) is 166 cm³/mol. The van der Waals surface area contributed by atoms with Crippen LogP contribution in [0.25, 0.3) is 0 Å². The van der Waals surface area contributed by atoms with E-state index in [0.29, 0.717) is 18.1 Å². The number of nitrogens with one attached hydrogen (secondary N) is 3. The maximum absolute atomic E-state index is 13.5. The zero-order valence-electron chi connectivity index (χ0n) is 26.0. The lowest BCUT2D eigenvalue weighted by molar-refractivity contribution is -0.145. The summed E-state index contributed by atoms with van der Waals surface area (Å²) in [5.74, 6) is -3.63. The van der Waals surface area contributed by atoms with E-state index >= 15 is 0 Å². The fourth-order valence-electron chi connectivity index (χ4n) is 5.04. The molecule has 0 aromatic heterocycles. The Kier molecular flexibility index (Phi) is 11.7. The van der Waals surface area contributed by atoms with Crippen molar-refractivity contribution in [1.82, 2.24) is 30.9 Å². The van der Waals surface area contributed by atoms with Crippen LogP contribution in [0.5, 0.6) is 0 Å². The van der Waals surface area contributed by atoms with Gasteiger partial charge in [0.05, 0.1) is 0 Å². The maximum Gasteiger partial charge on any atom is 0.318 e. The first-order valence-electron chi connectivity index (χ1n) is 15.3. The zero-order valence-corrected chi connectivity index (χ0v) is 26.0. The lowest BCUT2D eigenvalue weighted by Gasteiger charge is -2.28. The highest BCUT2D eigenvalue weighted by atomic mass is 16.6. The van der Waals surface area contributed by atoms with Gasteiger partial charge in [-0.1, -0.05) is 60.7 Å². The average Bonchev–Trinajstić information content (AvgIpc) is 3.85. The van der Waals surface area contributed by atoms with Crippen LogP contribution in [0.1, 0.15) is 44.2 Å². The molecule has 0 aliphatic carbocycles. The Morgan fingerprint density at radius 1 is 0.783 bits per heavy atom. The average molecular weight is 636 g/mol. The van der Waals surface area contributed by atoms with Crippen molar-refractivity contribution < 1.29 is 33.5 Å². The topological polar surface area (TPSA) is 187 Å². The highest BCUT2D eigenvalue weighted by Gasteiger charge is 2.53. The van der Waals surface area contributed by atoms with E-state index in [1.165, 1.54) is 13.8 Å². The van der Waals surface area contributed by atoms with E-state index in [9.17, 15) is 28.8 Å². The molecule has 2 aromatic carbocycles. The molecule has 2 aliphatic heterocycles. The molecular weight excluding hydrogens is 594 g/mol. The van der Waals surface area contributed by atoms with Crippen molar-refractivity contribution in [3.8, 4) is 0 Å². The number of hydrazine groups is 1. The minimum absolute atomic E-state index is 0.269. The highest BCUT2D eigenvalue weighted by molar-refractivity contribution is 5.98. The first-order chi connectivity index (χ1) is 22.0. The summed E-state index contributed by atoms with van der Waals surface area (Å²) in [6.45, 7) is 3.94. The number of nitrogens with two attached hydrogens (primary N) is 1. The molecule has 0 bridgehead atoms. The minimum Gasteiger partial charge on any atom is -0.368 e. The van der Waals surface area contributed by atoms with Crippen molar-refractivity contribution in [2.75, 3.05) is 19.6 Å². The summed E-state index contributed by atoms with van der Waals surface area (Å²) in [7, 11) is 0. The lowest BCUT2D eigenvalue weighted by Crippen LogP contribution is -2.58. The van der Waals surface area contributed by atoms with Crippen LogP contribution in [0.2, 0.25) is 0 Å². The molecule has 0 spiro atoms. The second-order valence-electron chi connectivity index (χ2n) is 11.5. The number of hydrogen-bond acceptors (Lipinski definition) is 7. The van der Waals surface area contributed by atoms with Gasteiger partial charge in [-0.25, -0.2) is 9.80 Å². The quantitative estimate of drug-likeness (QED) is 0.192. The molecule has 46 heavy (non-hydrogen) atoms. The number of ether oxygens (including phenoxy) is 1. The van der Waals surface area contributed by atoms with E-state index in [4.69, 9.17) is 10.5 Å². The van der Waals surface area contributed by atoms with Gasteiger partial charge in [-0.05, 0) is 44.2 Å². The molecule has 0 unspecified atom stereocenters. The number of hydrogen-bond donors (Lipinski definition) is 4. The summed E-state index contributed by atoms with van der Waals surface area (Å²) in [6.07, 6.45) is 0.454. The third kappa shape index (κ3) is 9.51. The molecule has 0 saturated carbocycles. The van der Waals surface area contributed by atoms with Gasteiger partial charge in [0.25, 0.3) is 17.7 Å². The van der Waals surface area contributed by atoms with Crippen LogP contribution in [0.3, 0.4) is 0 Å². The summed E-state index contributed by atoms with van der Waals surface area (Å²) >= 11 is 0. The molecule has 4 atom stereocenters. The second-order valence-corrected chi connectivity index (χ2v) is 11.5. The molecule has 14 nitrogen and oxygen atoms in total. The molecule has 2 aromatic rings. The number of urea groups is 1. The van der Waals surface area contributed by atoms with E-state index in [-0.39, 0.29) is 19.1 Å². The number of carbonyl (C=O) groups is 6. The molecule has 14 heteroatoms. The van der Waals surface area contributed by atoms with Gasteiger partial charge >= 0.3 is 6.03 Å². The van der Waals surface area contributed by atoms with Crippen molar-refractivity contribution in [1.29, 1.82) is 0 Å². The van der Waals surface area contributed by atoms with Crippen molar-refractivity contribution >= 4 is 35.6 Å². The van der Waals surface area contributed by atoms with Crippen LogP contribution in [0.15, 0.2) is 60.7 Å². The second kappa shape index (κ2) is 15.8. The number of likely N-dealkylation sites (tertiary alicyclic amines) is 1. The highest BCUT2D eigenvalue weighted by Crippen LogP contribution is 2.28. The van der Waals surface area contributed by atoms with Crippen molar-refractivity contribution in [2.24, 2.45) is 5.73 Å². The molecule has 246 valence electrons. The fourth-order valence-corrected chi connectivity index (χ4v) is 5.04.